The van der Waals surface area contributed by atoms with E-state index in [4.69, 9.17) is 0 Å². The van der Waals surface area contributed by atoms with Crippen molar-refractivity contribution in [1.82, 2.24) is 0 Å². The highest BCUT2D eigenvalue weighted by molar-refractivity contribution is 5.16. The number of rotatable bonds is 2. The lowest BCUT2D eigenvalue weighted by molar-refractivity contribution is -0.557. The van der Waals surface area contributed by atoms with Crippen LogP contribution in [0.4, 0.5) is 0 Å². The molecule has 0 fully saturated rings. The number of hydrogen-bond donors (Lipinski definition) is 1. The lowest BCUT2D eigenvalue weighted by atomic mass is 10.2. The van der Waals surface area contributed by atoms with Gasteiger partial charge in [0.1, 0.15) is 0 Å². The Morgan fingerprint density at radius 1 is 1.22 bits per heavy atom. The number of hydrogen-bond acceptors (Lipinski definition) is 0. The molecule has 0 amide bonds. The molecule has 0 radical (unpaired) electrons. The van der Waals surface area contributed by atoms with E-state index in [9.17, 15) is 0 Å². The fourth-order valence-corrected chi connectivity index (χ4v) is 0.766. The van der Waals surface area contributed by atoms with Crippen molar-refractivity contribution in [1.29, 1.82) is 0 Å². The fourth-order valence-electron chi connectivity index (χ4n) is 0.766. The van der Waals surface area contributed by atoms with Gasteiger partial charge in [0.15, 0.2) is 0 Å². The summed E-state index contributed by atoms with van der Waals surface area (Å²) in [6.07, 6.45) is 4.27. The van der Waals surface area contributed by atoms with E-state index in [1.54, 1.807) is 0 Å². The first-order valence-corrected chi connectivity index (χ1v) is 3.28. The Bertz CT molecular complexity index is 128. The lowest BCUT2D eigenvalue weighted by Crippen LogP contribution is -2.72. The molecule has 0 aromatic rings. The molecule has 0 bridgehead atoms. The van der Waals surface area contributed by atoms with Crippen LogP contribution in [-0.4, -0.2) is 7.05 Å². The smallest absolute Gasteiger partial charge is 0.0952 e. The molecule has 0 aromatic heterocycles. The topological polar surface area (TPSA) is 16.6 Å². The quantitative estimate of drug-likeness (QED) is 0.533. The minimum Gasteiger partial charge on any atom is -0.322 e. The Kier molecular flexibility index (Phi) is 4.06. The highest BCUT2D eigenvalue weighted by atomic mass is 14.8. The largest absolute Gasteiger partial charge is 0.322 e. The van der Waals surface area contributed by atoms with Crippen LogP contribution < -0.4 is 5.32 Å². The zero-order chi connectivity index (χ0) is 7.28. The molecule has 0 atom stereocenters. The normalized spacial score (nSPS) is 11.3. The maximum Gasteiger partial charge on any atom is 0.0952 e. The molecule has 0 unspecified atom stereocenters. The van der Waals surface area contributed by atoms with Gasteiger partial charge in [0, 0.05) is 5.57 Å². The molecule has 52 valence electrons. The van der Waals surface area contributed by atoms with Gasteiger partial charge in [-0.25, -0.2) is 0 Å². The fraction of sp³-hybridized carbons (Fsp3) is 0.500. The summed E-state index contributed by atoms with van der Waals surface area (Å²) in [7, 11) is 2.03. The van der Waals surface area contributed by atoms with Gasteiger partial charge in [0.05, 0.1) is 13.2 Å². The van der Waals surface area contributed by atoms with Crippen LogP contribution in [0.3, 0.4) is 0 Å². The molecule has 9 heavy (non-hydrogen) atoms. The monoisotopic (exact) mass is 126 g/mol. The first kappa shape index (κ1) is 8.44. The van der Waals surface area contributed by atoms with Gasteiger partial charge in [-0.1, -0.05) is 11.6 Å². The second-order valence-electron chi connectivity index (χ2n) is 2.47. The number of quaternary nitrogens is 1. The molecule has 1 heteroatoms. The zero-order valence-corrected chi connectivity index (χ0v) is 6.73. The number of nitrogens with two attached hydrogens (primary N) is 1. The second kappa shape index (κ2) is 4.33. The Morgan fingerprint density at radius 3 is 2.11 bits per heavy atom. The van der Waals surface area contributed by atoms with Crippen molar-refractivity contribution in [2.75, 3.05) is 7.05 Å². The van der Waals surface area contributed by atoms with E-state index >= 15 is 0 Å². The average Bonchev–Trinajstić information content (AvgIpc) is 1.63. The van der Waals surface area contributed by atoms with Crippen molar-refractivity contribution >= 4 is 0 Å². The minimum absolute atomic E-state index is 1.32. The van der Waals surface area contributed by atoms with Crippen LogP contribution in [0, 0.1) is 0 Å². The van der Waals surface area contributed by atoms with Gasteiger partial charge in [0.25, 0.3) is 0 Å². The second-order valence-corrected chi connectivity index (χ2v) is 2.47. The third-order valence-electron chi connectivity index (χ3n) is 0.946. The molecule has 0 aromatic carbocycles. The minimum atomic E-state index is 1.32. The third-order valence-corrected chi connectivity index (χ3v) is 0.946. The molecule has 0 saturated carbocycles. The predicted molar refractivity (Wildman–Crippen MR) is 41.0 cm³/mol. The molecule has 1 nitrogen and oxygen atoms in total. The first-order valence-electron chi connectivity index (χ1n) is 3.28. The first-order chi connectivity index (χ1) is 4.16. The molecule has 2 N–H and O–H groups in total. The molecule has 0 aliphatic heterocycles. The van der Waals surface area contributed by atoms with Crippen molar-refractivity contribution in [2.45, 2.75) is 20.8 Å². The molecule has 0 aliphatic carbocycles. The summed E-state index contributed by atoms with van der Waals surface area (Å²) < 4.78 is 0. The van der Waals surface area contributed by atoms with Crippen LogP contribution in [0.25, 0.3) is 0 Å². The highest BCUT2D eigenvalue weighted by Gasteiger charge is 1.82. The summed E-state index contributed by atoms with van der Waals surface area (Å²) in [5.41, 5.74) is 2.67. The summed E-state index contributed by atoms with van der Waals surface area (Å²) >= 11 is 0. The van der Waals surface area contributed by atoms with Gasteiger partial charge in [-0.15, -0.1) is 0 Å². The molecular weight excluding hydrogens is 110 g/mol. The van der Waals surface area contributed by atoms with Crippen molar-refractivity contribution in [3.63, 3.8) is 0 Å². The lowest BCUT2D eigenvalue weighted by Gasteiger charge is -1.89. The van der Waals surface area contributed by atoms with Gasteiger partial charge in [-0.05, 0) is 20.8 Å². The summed E-state index contributed by atoms with van der Waals surface area (Å²) in [4.78, 5) is 0. The van der Waals surface area contributed by atoms with Gasteiger partial charge in [-0.3, -0.25) is 0 Å². The van der Waals surface area contributed by atoms with Crippen LogP contribution in [0.5, 0.6) is 0 Å². The summed E-state index contributed by atoms with van der Waals surface area (Å²) in [5, 5.41) is 2.05. The molecular formula is C8H16N+. The van der Waals surface area contributed by atoms with Crippen LogP contribution in [-0.2, 0) is 0 Å². The Balaban J connectivity index is 3.90. The van der Waals surface area contributed by atoms with Gasteiger partial charge >= 0.3 is 0 Å². The molecule has 0 rings (SSSR count). The summed E-state index contributed by atoms with van der Waals surface area (Å²) in [6.45, 7) is 6.31. The maximum absolute atomic E-state index is 2.17. The summed E-state index contributed by atoms with van der Waals surface area (Å²) in [5.74, 6) is 0. The van der Waals surface area contributed by atoms with E-state index in [0.29, 0.717) is 0 Å². The van der Waals surface area contributed by atoms with Gasteiger partial charge in [-0.2, -0.15) is 0 Å². The predicted octanol–water partition coefficient (Wildman–Crippen LogP) is 1.05. The molecule has 0 spiro atoms. The maximum atomic E-state index is 2.17. The molecule has 0 aliphatic rings. The van der Waals surface area contributed by atoms with E-state index < -0.39 is 0 Å². The molecule has 0 heterocycles. The Labute approximate surface area is 57.5 Å². The molecule has 0 saturated heterocycles. The highest BCUT2D eigenvalue weighted by Crippen LogP contribution is 1.96. The van der Waals surface area contributed by atoms with Crippen molar-refractivity contribution in [2.24, 2.45) is 0 Å². The van der Waals surface area contributed by atoms with E-state index in [0.717, 1.165) is 0 Å². The van der Waals surface area contributed by atoms with Crippen LogP contribution >= 0.6 is 0 Å². The van der Waals surface area contributed by atoms with Gasteiger partial charge in [0.2, 0.25) is 0 Å². The summed E-state index contributed by atoms with van der Waals surface area (Å²) in [6, 6.07) is 0. The average molecular weight is 126 g/mol. The SMILES string of the molecule is C[NH2+]C=C(C)C=C(C)C. The third kappa shape index (κ3) is 5.31. The van der Waals surface area contributed by atoms with Gasteiger partial charge < -0.3 is 5.32 Å². The van der Waals surface area contributed by atoms with Crippen molar-refractivity contribution in [3.05, 3.63) is 23.4 Å². The van der Waals surface area contributed by atoms with Crippen molar-refractivity contribution < 1.29 is 5.32 Å². The number of allylic oxidation sites excluding steroid dienone is 3. The Morgan fingerprint density at radius 2 is 1.78 bits per heavy atom. The van der Waals surface area contributed by atoms with E-state index in [1.165, 1.54) is 11.1 Å². The zero-order valence-electron chi connectivity index (χ0n) is 6.73. The van der Waals surface area contributed by atoms with Crippen LogP contribution in [0.2, 0.25) is 0 Å². The van der Waals surface area contributed by atoms with Crippen LogP contribution in [0.1, 0.15) is 20.8 Å². The van der Waals surface area contributed by atoms with Crippen molar-refractivity contribution in [3.8, 4) is 0 Å². The van der Waals surface area contributed by atoms with E-state index in [1.807, 2.05) is 7.05 Å². The van der Waals surface area contributed by atoms with E-state index in [2.05, 4.69) is 38.4 Å². The van der Waals surface area contributed by atoms with E-state index in [-0.39, 0.29) is 0 Å². The van der Waals surface area contributed by atoms with Crippen LogP contribution in [0.15, 0.2) is 23.4 Å². The Hall–Kier alpha value is -0.560. The standard InChI is InChI=1S/C8H15N/c1-7(2)5-8(3)6-9-4/h5-6,9H,1-4H3/p+1.